The Morgan fingerprint density at radius 3 is 1.89 bits per heavy atom. The van der Waals surface area contributed by atoms with E-state index in [1.807, 2.05) is 6.07 Å². The predicted molar refractivity (Wildman–Crippen MR) is 298 cm³/mol. The molecule has 0 fully saturated rings. The molecule has 0 saturated carbocycles. The highest BCUT2D eigenvalue weighted by molar-refractivity contribution is 7.99. The standard InChI is InChI=1S/C44H39N11O20S8/c1-20-10-32-39(36(11-20)82(69,70)71)47-42-26(19-45)22(3)38(43(56)55(32)42)53-51-30-12-21(2)28(17-33(30)75-6-4-8-78(57,58)59)49-52-31-16-27(46)29(18-34(31)76-7-5-9-79(60,61)62)50-54-44-48-40-37(83(72,73)74)15-24-25(41(40)77-44)13-23(80(63,64)65)14-35(24)81(66,67)68/h10-18,56H,4-9,46H2,1-3H3,(H,57,58,59)(H,60,61,62)(H,63,64,65)(H,66,67,68)(H,69,70,71)(H,72,73,74). The molecule has 5 aromatic carbocycles. The largest absolute Gasteiger partial charge is 0.493 e. The second kappa shape index (κ2) is 22.7. The van der Waals surface area contributed by atoms with Crippen molar-refractivity contribution in [3.8, 4) is 17.7 Å². The summed E-state index contributed by atoms with van der Waals surface area (Å²) in [7, 11) is -29.4. The molecule has 3 heterocycles. The number of nitrogens with two attached hydrogens (primary N) is 1. The minimum absolute atomic E-state index is 0.0175. The summed E-state index contributed by atoms with van der Waals surface area (Å²) in [6.45, 7) is 4.13. The zero-order chi connectivity index (χ0) is 61.1. The van der Waals surface area contributed by atoms with Crippen LogP contribution < -0.4 is 10.5 Å². The monoisotopic (exact) mass is 1300 g/mol. The van der Waals surface area contributed by atoms with Crippen LogP contribution >= 0.6 is 23.1 Å². The van der Waals surface area contributed by atoms with E-state index in [2.05, 4.69) is 40.7 Å². The average molecular weight is 1300 g/mol. The Kier molecular flexibility index (Phi) is 16.9. The molecule has 0 atom stereocenters. The van der Waals surface area contributed by atoms with Gasteiger partial charge in [-0.1, -0.05) is 11.3 Å². The smallest absolute Gasteiger partial charge is 0.296 e. The summed E-state index contributed by atoms with van der Waals surface area (Å²) < 4.78 is 210. The van der Waals surface area contributed by atoms with Crippen molar-refractivity contribution in [2.24, 2.45) is 30.7 Å². The number of rotatable bonds is 20. The summed E-state index contributed by atoms with van der Waals surface area (Å²) in [5.41, 5.74) is 5.36. The molecule has 8 rings (SSSR count). The molecule has 0 bridgehead atoms. The van der Waals surface area contributed by atoms with Crippen LogP contribution in [0.5, 0.6) is 11.6 Å². The molecule has 0 aliphatic heterocycles. The van der Waals surface area contributed by atoms with Crippen molar-refractivity contribution in [2.45, 2.75) is 58.1 Å². The number of thioether (sulfide) groups is 1. The minimum atomic E-state index is -5.33. The van der Waals surface area contributed by atoms with E-state index in [1.54, 1.807) is 6.92 Å². The van der Waals surface area contributed by atoms with E-state index >= 15 is 0 Å². The zero-order valence-electron chi connectivity index (χ0n) is 42.2. The van der Waals surface area contributed by atoms with Gasteiger partial charge in [0.2, 0.25) is 11.0 Å². The van der Waals surface area contributed by atoms with Crippen LogP contribution in [0.2, 0.25) is 0 Å². The number of hydrogen-bond donors (Lipinski definition) is 8. The van der Waals surface area contributed by atoms with Gasteiger partial charge in [0.05, 0.1) is 44.6 Å². The first-order valence-corrected chi connectivity index (χ1v) is 33.6. The number of ether oxygens (including phenoxy) is 1. The number of aromatic nitrogens is 3. The molecule has 0 radical (unpaired) electrons. The number of hydrogen-bond acceptors (Lipinski definition) is 26. The summed E-state index contributed by atoms with van der Waals surface area (Å²) in [6, 6.07) is 11.6. The number of imidazole rings is 1. The van der Waals surface area contributed by atoms with Gasteiger partial charge >= 0.3 is 0 Å². The first kappa shape index (κ1) is 61.8. The van der Waals surface area contributed by atoms with Gasteiger partial charge in [0.25, 0.3) is 60.7 Å². The number of pyridine rings is 1. The zero-order valence-corrected chi connectivity index (χ0v) is 48.7. The molecule has 0 saturated heterocycles. The van der Waals surface area contributed by atoms with Crippen LogP contribution in [0.25, 0.3) is 37.7 Å². The number of nitrogens with zero attached hydrogens (tertiary/aromatic N) is 10. The third-order valence-corrected chi connectivity index (χ3v) is 18.9. The van der Waals surface area contributed by atoms with Gasteiger partial charge in [-0.2, -0.15) is 60.9 Å². The minimum Gasteiger partial charge on any atom is -0.493 e. The molecule has 9 N–H and O–H groups in total. The summed E-state index contributed by atoms with van der Waals surface area (Å²) in [5, 5.41) is 45.9. The topological polar surface area (TPSA) is 510 Å². The Morgan fingerprint density at radius 1 is 0.651 bits per heavy atom. The number of azo groups is 3. The van der Waals surface area contributed by atoms with Crippen molar-refractivity contribution in [2.75, 3.05) is 29.6 Å². The second-order valence-corrected chi connectivity index (χ2v) is 28.6. The molecule has 0 spiro atoms. The fourth-order valence-corrected chi connectivity index (χ4v) is 13.9. The Bertz CT molecular complexity index is 4950. The van der Waals surface area contributed by atoms with Crippen LogP contribution in [0.4, 0.5) is 39.3 Å². The highest BCUT2D eigenvalue weighted by atomic mass is 32.2. The van der Waals surface area contributed by atoms with Gasteiger partial charge in [0.1, 0.15) is 60.2 Å². The van der Waals surface area contributed by atoms with Crippen molar-refractivity contribution in [1.82, 2.24) is 14.4 Å². The molecule has 0 amide bonds. The SMILES string of the molecule is Cc1cc(S(=O)(=O)O)c2nc3c(C#N)c(C)c(N=Nc4cc(C)c(N=Nc5cc(N)c(N=Nc6nc7c(S(=O)(=O)O)cc8c(S(=O)(=O)O)cc(S(=O)(=O)O)cc8c7s6)cc5SCCCS(=O)(=O)O)cc4OCCCS(=O)(=O)O)c(O)n3c2c1. The molecule has 83 heavy (non-hydrogen) atoms. The molecule has 31 nitrogen and oxygen atoms in total. The van der Waals surface area contributed by atoms with Crippen molar-refractivity contribution in [3.63, 3.8) is 0 Å². The maximum absolute atomic E-state index is 12.6. The van der Waals surface area contributed by atoms with Crippen LogP contribution in [-0.2, 0) is 60.7 Å². The van der Waals surface area contributed by atoms with Gasteiger partial charge in [-0.3, -0.25) is 31.7 Å². The average Bonchev–Trinajstić information content (AvgIpc) is 2.47. The van der Waals surface area contributed by atoms with Gasteiger partial charge in [0.15, 0.2) is 11.3 Å². The first-order valence-electron chi connectivity index (χ1n) is 22.8. The molecular formula is C44H39N11O20S8. The van der Waals surface area contributed by atoms with E-state index in [4.69, 9.17) is 10.5 Å². The molecule has 0 aliphatic rings. The Morgan fingerprint density at radius 2 is 1.27 bits per heavy atom. The molecule has 3 aromatic heterocycles. The fraction of sp³-hybridized carbons (Fsp3) is 0.205. The number of aromatic hydroxyl groups is 1. The van der Waals surface area contributed by atoms with E-state index < -0.39 is 114 Å². The Balaban J connectivity index is 1.20. The summed E-state index contributed by atoms with van der Waals surface area (Å²) in [4.78, 5) is 4.80. The molecule has 8 aromatic rings. The van der Waals surface area contributed by atoms with Crippen molar-refractivity contribution in [1.29, 1.82) is 5.26 Å². The summed E-state index contributed by atoms with van der Waals surface area (Å²) in [6.07, 6.45) is -0.334. The van der Waals surface area contributed by atoms with Crippen LogP contribution in [-0.4, -0.2) is 121 Å². The lowest BCUT2D eigenvalue weighted by atomic mass is 10.1. The maximum Gasteiger partial charge on any atom is 0.296 e. The number of fused-ring (bicyclic) bond motifs is 6. The van der Waals surface area contributed by atoms with Gasteiger partial charge in [0, 0.05) is 27.3 Å². The fourth-order valence-electron chi connectivity index (χ4n) is 8.04. The normalized spacial score (nSPS) is 13.3. The van der Waals surface area contributed by atoms with Crippen molar-refractivity contribution >= 4 is 161 Å². The van der Waals surface area contributed by atoms with Gasteiger partial charge in [-0.15, -0.1) is 37.3 Å². The lowest BCUT2D eigenvalue weighted by Crippen LogP contribution is -2.08. The quantitative estimate of drug-likeness (QED) is 0.0116. The summed E-state index contributed by atoms with van der Waals surface area (Å²) >= 11 is 1.48. The van der Waals surface area contributed by atoms with E-state index in [0.717, 1.165) is 28.3 Å². The van der Waals surface area contributed by atoms with Crippen molar-refractivity contribution in [3.05, 3.63) is 76.9 Å². The number of nitriles is 1. The highest BCUT2D eigenvalue weighted by Crippen LogP contribution is 2.45. The molecular weight excluding hydrogens is 1260 g/mol. The van der Waals surface area contributed by atoms with Crippen LogP contribution in [0.1, 0.15) is 35.1 Å². The summed E-state index contributed by atoms with van der Waals surface area (Å²) in [5.74, 6) is -2.11. The molecule has 0 unspecified atom stereocenters. The lowest BCUT2D eigenvalue weighted by molar-refractivity contribution is 0.317. The highest BCUT2D eigenvalue weighted by Gasteiger charge is 2.29. The first-order chi connectivity index (χ1) is 38.4. The number of aryl methyl sites for hydroxylation is 2. The van der Waals surface area contributed by atoms with E-state index in [0.29, 0.717) is 34.6 Å². The van der Waals surface area contributed by atoms with E-state index in [9.17, 15) is 88.2 Å². The van der Waals surface area contributed by atoms with Crippen LogP contribution in [0.15, 0.2) is 110 Å². The van der Waals surface area contributed by atoms with Crippen molar-refractivity contribution < 1.29 is 87.7 Å². The van der Waals surface area contributed by atoms with E-state index in [1.165, 1.54) is 44.2 Å². The third-order valence-electron chi connectivity index (χ3n) is 11.7. The third kappa shape index (κ3) is 13.7. The van der Waals surface area contributed by atoms with E-state index in [-0.39, 0.29) is 108 Å². The predicted octanol–water partition coefficient (Wildman–Crippen LogP) is 8.59. The number of anilines is 1. The van der Waals surface area contributed by atoms with Crippen LogP contribution in [0, 0.1) is 32.1 Å². The Labute approximate surface area is 477 Å². The molecule has 39 heteroatoms. The van der Waals surface area contributed by atoms with Crippen LogP contribution in [0.3, 0.4) is 0 Å². The van der Waals surface area contributed by atoms with Gasteiger partial charge in [-0.05, 0) is 99.0 Å². The number of thiazole rings is 1. The Hall–Kier alpha value is -7.30. The molecule has 0 aliphatic carbocycles. The van der Waals surface area contributed by atoms with Gasteiger partial charge < -0.3 is 15.6 Å². The number of nitrogen functional groups attached to an aromatic ring is 1. The molecule has 438 valence electrons. The lowest BCUT2D eigenvalue weighted by Gasteiger charge is -2.12. The maximum atomic E-state index is 12.6. The second-order valence-electron chi connectivity index (χ2n) is 17.7. The van der Waals surface area contributed by atoms with Gasteiger partial charge in [-0.25, -0.2) is 9.97 Å². The number of benzene rings is 5.